The molecular weight excluding hydrogens is 260 g/mol. The molecule has 7 nitrogen and oxygen atoms in total. The lowest BCUT2D eigenvalue weighted by Gasteiger charge is -2.20. The zero-order valence-electron chi connectivity index (χ0n) is 11.9. The largest absolute Gasteiger partial charge is 0.481 e. The molecule has 0 aliphatic heterocycles. The van der Waals surface area contributed by atoms with Crippen molar-refractivity contribution in [3.8, 4) is 0 Å². The van der Waals surface area contributed by atoms with Gasteiger partial charge in [-0.3, -0.25) is 4.79 Å². The standard InChI is InChI=1S/C13H22N4O3/c1-10(2)11(8-12(18)19)16-13(20)15-4-3-6-17-7-5-14-9-17/h5,7,9-11H,3-4,6,8H2,1-2H3,(H,18,19)(H2,15,16,20). The van der Waals surface area contributed by atoms with E-state index in [1.807, 2.05) is 24.6 Å². The van der Waals surface area contributed by atoms with Crippen molar-refractivity contribution in [1.82, 2.24) is 20.2 Å². The number of carboxylic acid groups (broad SMARTS) is 1. The molecular formula is C13H22N4O3. The molecule has 1 aromatic rings. The Labute approximate surface area is 118 Å². The van der Waals surface area contributed by atoms with Crippen LogP contribution < -0.4 is 10.6 Å². The topological polar surface area (TPSA) is 96.3 Å². The SMILES string of the molecule is CC(C)C(CC(=O)O)NC(=O)NCCCn1ccnc1. The van der Waals surface area contributed by atoms with E-state index >= 15 is 0 Å². The highest BCUT2D eigenvalue weighted by Crippen LogP contribution is 2.05. The summed E-state index contributed by atoms with van der Waals surface area (Å²) in [6.45, 7) is 5.07. The van der Waals surface area contributed by atoms with Crippen molar-refractivity contribution >= 4 is 12.0 Å². The summed E-state index contributed by atoms with van der Waals surface area (Å²) in [6.07, 6.45) is 6.01. The van der Waals surface area contributed by atoms with Crippen LogP contribution in [0.1, 0.15) is 26.7 Å². The van der Waals surface area contributed by atoms with Crippen molar-refractivity contribution in [2.24, 2.45) is 5.92 Å². The highest BCUT2D eigenvalue weighted by molar-refractivity contribution is 5.75. The van der Waals surface area contributed by atoms with Gasteiger partial charge in [0.1, 0.15) is 0 Å². The minimum atomic E-state index is -0.913. The molecule has 7 heteroatoms. The molecule has 1 unspecified atom stereocenters. The molecule has 0 saturated carbocycles. The maximum absolute atomic E-state index is 11.7. The van der Waals surface area contributed by atoms with Gasteiger partial charge >= 0.3 is 12.0 Å². The molecule has 0 saturated heterocycles. The third-order valence-corrected chi connectivity index (χ3v) is 2.95. The van der Waals surface area contributed by atoms with Crippen molar-refractivity contribution in [3.05, 3.63) is 18.7 Å². The van der Waals surface area contributed by atoms with E-state index in [-0.39, 0.29) is 24.4 Å². The lowest BCUT2D eigenvalue weighted by Crippen LogP contribution is -2.45. The minimum absolute atomic E-state index is 0.0693. The average Bonchev–Trinajstić information content (AvgIpc) is 2.86. The van der Waals surface area contributed by atoms with Gasteiger partial charge in [0.2, 0.25) is 0 Å². The maximum Gasteiger partial charge on any atom is 0.315 e. The van der Waals surface area contributed by atoms with Crippen LogP contribution in [-0.4, -0.2) is 39.2 Å². The van der Waals surface area contributed by atoms with E-state index in [1.165, 1.54) is 0 Å². The number of aliphatic carboxylic acids is 1. The molecule has 0 fully saturated rings. The summed E-state index contributed by atoms with van der Waals surface area (Å²) >= 11 is 0. The van der Waals surface area contributed by atoms with Crippen LogP contribution in [0.25, 0.3) is 0 Å². The highest BCUT2D eigenvalue weighted by atomic mass is 16.4. The minimum Gasteiger partial charge on any atom is -0.481 e. The third-order valence-electron chi connectivity index (χ3n) is 2.95. The second-order valence-electron chi connectivity index (χ2n) is 5.00. The summed E-state index contributed by atoms with van der Waals surface area (Å²) < 4.78 is 1.93. The molecule has 0 aliphatic carbocycles. The van der Waals surface area contributed by atoms with Crippen molar-refractivity contribution in [1.29, 1.82) is 0 Å². The summed E-state index contributed by atoms with van der Waals surface area (Å²) in [7, 11) is 0. The number of carbonyl (C=O) groups excluding carboxylic acids is 1. The van der Waals surface area contributed by atoms with Crippen molar-refractivity contribution in [2.75, 3.05) is 6.54 Å². The van der Waals surface area contributed by atoms with Crippen molar-refractivity contribution in [2.45, 2.75) is 39.3 Å². The smallest absolute Gasteiger partial charge is 0.315 e. The summed E-state index contributed by atoms with van der Waals surface area (Å²) in [5, 5.41) is 14.2. The Hall–Kier alpha value is -2.05. The van der Waals surface area contributed by atoms with E-state index in [0.29, 0.717) is 6.54 Å². The van der Waals surface area contributed by atoms with E-state index < -0.39 is 5.97 Å². The van der Waals surface area contributed by atoms with Crippen LogP contribution in [0.3, 0.4) is 0 Å². The molecule has 1 aromatic heterocycles. The number of aryl methyl sites for hydroxylation is 1. The second-order valence-corrected chi connectivity index (χ2v) is 5.00. The number of aromatic nitrogens is 2. The number of imidazole rings is 1. The monoisotopic (exact) mass is 282 g/mol. The summed E-state index contributed by atoms with van der Waals surface area (Å²) in [4.78, 5) is 26.3. The van der Waals surface area contributed by atoms with Crippen LogP contribution in [0.4, 0.5) is 4.79 Å². The highest BCUT2D eigenvalue weighted by Gasteiger charge is 2.18. The molecule has 1 rings (SSSR count). The predicted molar refractivity (Wildman–Crippen MR) is 74.3 cm³/mol. The predicted octanol–water partition coefficient (Wildman–Crippen LogP) is 1.07. The fraction of sp³-hybridized carbons (Fsp3) is 0.615. The first-order chi connectivity index (χ1) is 9.49. The Morgan fingerprint density at radius 1 is 1.40 bits per heavy atom. The van der Waals surface area contributed by atoms with E-state index in [1.54, 1.807) is 12.5 Å². The Balaban J connectivity index is 2.22. The maximum atomic E-state index is 11.7. The van der Waals surface area contributed by atoms with Gasteiger partial charge in [0.25, 0.3) is 0 Å². The number of urea groups is 1. The quantitative estimate of drug-likeness (QED) is 0.621. The molecule has 0 radical (unpaired) electrons. The zero-order valence-corrected chi connectivity index (χ0v) is 11.9. The molecule has 0 bridgehead atoms. The van der Waals surface area contributed by atoms with Gasteiger partial charge in [0.15, 0.2) is 0 Å². The molecule has 0 aromatic carbocycles. The van der Waals surface area contributed by atoms with Gasteiger partial charge in [-0.15, -0.1) is 0 Å². The lowest BCUT2D eigenvalue weighted by molar-refractivity contribution is -0.137. The Morgan fingerprint density at radius 2 is 2.15 bits per heavy atom. The van der Waals surface area contributed by atoms with Gasteiger partial charge < -0.3 is 20.3 Å². The Kier molecular flexibility index (Phi) is 6.55. The number of nitrogens with one attached hydrogen (secondary N) is 2. The van der Waals surface area contributed by atoms with Gasteiger partial charge in [0, 0.05) is 31.5 Å². The van der Waals surface area contributed by atoms with Crippen molar-refractivity contribution in [3.63, 3.8) is 0 Å². The Morgan fingerprint density at radius 3 is 2.70 bits per heavy atom. The van der Waals surface area contributed by atoms with Crippen LogP contribution in [0.15, 0.2) is 18.7 Å². The number of carboxylic acids is 1. The summed E-state index contributed by atoms with van der Waals surface area (Å²) in [6, 6.07) is -0.684. The normalized spacial score (nSPS) is 12.2. The van der Waals surface area contributed by atoms with E-state index in [4.69, 9.17) is 5.11 Å². The zero-order chi connectivity index (χ0) is 15.0. The van der Waals surface area contributed by atoms with Crippen LogP contribution in [0, 0.1) is 5.92 Å². The first kappa shape index (κ1) is 16.0. The van der Waals surface area contributed by atoms with Crippen LogP contribution >= 0.6 is 0 Å². The van der Waals surface area contributed by atoms with Gasteiger partial charge in [-0.1, -0.05) is 13.8 Å². The number of nitrogens with zero attached hydrogens (tertiary/aromatic N) is 2. The van der Waals surface area contributed by atoms with E-state index in [9.17, 15) is 9.59 Å². The second kappa shape index (κ2) is 8.19. The first-order valence-corrected chi connectivity index (χ1v) is 6.71. The van der Waals surface area contributed by atoms with Gasteiger partial charge in [-0.25, -0.2) is 9.78 Å². The molecule has 0 spiro atoms. The molecule has 20 heavy (non-hydrogen) atoms. The van der Waals surface area contributed by atoms with Crippen LogP contribution in [0.5, 0.6) is 0 Å². The number of amides is 2. The summed E-state index contributed by atoms with van der Waals surface area (Å²) in [5.74, 6) is -0.841. The molecule has 2 amide bonds. The molecule has 1 atom stereocenters. The number of hydrogen-bond donors (Lipinski definition) is 3. The van der Waals surface area contributed by atoms with Crippen LogP contribution in [0.2, 0.25) is 0 Å². The van der Waals surface area contributed by atoms with Crippen LogP contribution in [-0.2, 0) is 11.3 Å². The number of rotatable bonds is 8. The molecule has 0 aliphatic rings. The van der Waals surface area contributed by atoms with Gasteiger partial charge in [-0.2, -0.15) is 0 Å². The lowest BCUT2D eigenvalue weighted by atomic mass is 10.0. The average molecular weight is 282 g/mol. The Bertz CT molecular complexity index is 417. The van der Waals surface area contributed by atoms with Crippen molar-refractivity contribution < 1.29 is 14.7 Å². The molecule has 112 valence electrons. The van der Waals surface area contributed by atoms with Gasteiger partial charge in [-0.05, 0) is 12.3 Å². The molecule has 1 heterocycles. The summed E-state index contributed by atoms with van der Waals surface area (Å²) in [5.41, 5.74) is 0. The van der Waals surface area contributed by atoms with Gasteiger partial charge in [0.05, 0.1) is 12.7 Å². The first-order valence-electron chi connectivity index (χ1n) is 6.71. The third kappa shape index (κ3) is 6.21. The molecule has 3 N–H and O–H groups in total. The number of hydrogen-bond acceptors (Lipinski definition) is 3. The van der Waals surface area contributed by atoms with E-state index in [2.05, 4.69) is 15.6 Å². The fourth-order valence-electron chi connectivity index (χ4n) is 1.74. The fourth-order valence-corrected chi connectivity index (χ4v) is 1.74. The van der Waals surface area contributed by atoms with E-state index in [0.717, 1.165) is 13.0 Å². The number of carbonyl (C=O) groups is 2.